The van der Waals surface area contributed by atoms with Crippen molar-refractivity contribution in [2.24, 2.45) is 0 Å². The van der Waals surface area contributed by atoms with Crippen LogP contribution in [-0.4, -0.2) is 0 Å². The highest BCUT2D eigenvalue weighted by Gasteiger charge is 2.07. The van der Waals surface area contributed by atoms with Crippen molar-refractivity contribution in [1.29, 1.82) is 0 Å². The second-order valence-electron chi connectivity index (χ2n) is 4.27. The van der Waals surface area contributed by atoms with Crippen LogP contribution in [0.4, 0.5) is 21.5 Å². The van der Waals surface area contributed by atoms with Gasteiger partial charge in [-0.05, 0) is 49.2 Å². The fraction of sp³-hybridized carbons (Fsp3) is 0.143. The van der Waals surface area contributed by atoms with Crippen molar-refractivity contribution < 1.29 is 4.39 Å². The summed E-state index contributed by atoms with van der Waals surface area (Å²) < 4.78 is 13.3. The number of nitrogens with two attached hydrogens (primary N) is 1. The Kier molecular flexibility index (Phi) is 3.43. The molecule has 0 aromatic heterocycles. The van der Waals surface area contributed by atoms with Crippen LogP contribution in [0, 0.1) is 19.7 Å². The fourth-order valence-electron chi connectivity index (χ4n) is 1.68. The van der Waals surface area contributed by atoms with Crippen molar-refractivity contribution in [2.45, 2.75) is 13.8 Å². The Morgan fingerprint density at radius 2 is 1.78 bits per heavy atom. The molecule has 0 atom stereocenters. The van der Waals surface area contributed by atoms with Gasteiger partial charge in [-0.3, -0.25) is 0 Å². The lowest BCUT2D eigenvalue weighted by Crippen LogP contribution is -2.00. The second-order valence-corrected chi connectivity index (χ2v) is 4.71. The van der Waals surface area contributed by atoms with E-state index < -0.39 is 0 Å². The zero-order valence-corrected chi connectivity index (χ0v) is 11.0. The first-order valence-corrected chi connectivity index (χ1v) is 5.94. The summed E-state index contributed by atoms with van der Waals surface area (Å²) in [6, 6.07) is 8.55. The number of rotatable bonds is 2. The van der Waals surface area contributed by atoms with Crippen molar-refractivity contribution in [1.82, 2.24) is 0 Å². The first kappa shape index (κ1) is 12.7. The number of hydrogen-bond donors (Lipinski definition) is 2. The van der Waals surface area contributed by atoms with E-state index in [2.05, 4.69) is 5.32 Å². The number of hydrogen-bond acceptors (Lipinski definition) is 2. The molecule has 2 aromatic carbocycles. The minimum atomic E-state index is -0.305. The van der Waals surface area contributed by atoms with Gasteiger partial charge in [0.25, 0.3) is 0 Å². The van der Waals surface area contributed by atoms with E-state index in [4.69, 9.17) is 17.3 Å². The van der Waals surface area contributed by atoms with Crippen LogP contribution in [0.5, 0.6) is 0 Å². The van der Waals surface area contributed by atoms with Gasteiger partial charge in [0.15, 0.2) is 0 Å². The van der Waals surface area contributed by atoms with E-state index in [0.29, 0.717) is 22.0 Å². The summed E-state index contributed by atoms with van der Waals surface area (Å²) in [4.78, 5) is 0. The van der Waals surface area contributed by atoms with Crippen LogP contribution in [0.3, 0.4) is 0 Å². The molecule has 0 aliphatic carbocycles. The van der Waals surface area contributed by atoms with E-state index >= 15 is 0 Å². The molecule has 0 saturated carbocycles. The third-order valence-electron chi connectivity index (χ3n) is 2.80. The highest BCUT2D eigenvalue weighted by atomic mass is 35.5. The summed E-state index contributed by atoms with van der Waals surface area (Å²) in [7, 11) is 0. The van der Waals surface area contributed by atoms with Gasteiger partial charge in [0, 0.05) is 10.7 Å². The molecule has 0 heterocycles. The summed E-state index contributed by atoms with van der Waals surface area (Å²) in [6.07, 6.45) is 0. The smallest absolute Gasteiger partial charge is 0.128 e. The Morgan fingerprint density at radius 3 is 2.50 bits per heavy atom. The van der Waals surface area contributed by atoms with Crippen LogP contribution in [0.1, 0.15) is 11.1 Å². The molecule has 0 aliphatic rings. The molecule has 94 valence electrons. The van der Waals surface area contributed by atoms with Crippen LogP contribution in [0.25, 0.3) is 0 Å². The number of halogens is 2. The normalized spacial score (nSPS) is 10.4. The first-order chi connectivity index (χ1) is 8.47. The van der Waals surface area contributed by atoms with Gasteiger partial charge in [-0.15, -0.1) is 0 Å². The average Bonchev–Trinajstić information content (AvgIpc) is 2.30. The summed E-state index contributed by atoms with van der Waals surface area (Å²) in [5.41, 5.74) is 9.29. The van der Waals surface area contributed by atoms with Crippen molar-refractivity contribution in [2.75, 3.05) is 11.1 Å². The van der Waals surface area contributed by atoms with Gasteiger partial charge in [0.2, 0.25) is 0 Å². The van der Waals surface area contributed by atoms with Gasteiger partial charge in [-0.1, -0.05) is 17.7 Å². The summed E-state index contributed by atoms with van der Waals surface area (Å²) >= 11 is 5.95. The topological polar surface area (TPSA) is 38.0 Å². The molecule has 0 aliphatic heterocycles. The van der Waals surface area contributed by atoms with Gasteiger partial charge in [-0.2, -0.15) is 0 Å². The van der Waals surface area contributed by atoms with Crippen molar-refractivity contribution in [3.8, 4) is 0 Å². The monoisotopic (exact) mass is 264 g/mol. The molecule has 0 bridgehead atoms. The Bertz CT molecular complexity index is 597. The van der Waals surface area contributed by atoms with Crippen molar-refractivity contribution in [3.63, 3.8) is 0 Å². The number of anilines is 3. The van der Waals surface area contributed by atoms with E-state index in [-0.39, 0.29) is 5.82 Å². The second kappa shape index (κ2) is 4.86. The van der Waals surface area contributed by atoms with Crippen molar-refractivity contribution in [3.05, 3.63) is 52.3 Å². The van der Waals surface area contributed by atoms with Gasteiger partial charge >= 0.3 is 0 Å². The van der Waals surface area contributed by atoms with Gasteiger partial charge < -0.3 is 11.1 Å². The SMILES string of the molecule is Cc1cc(Nc2cc(Cl)ccc2C)c(N)cc1F. The maximum absolute atomic E-state index is 13.3. The maximum Gasteiger partial charge on any atom is 0.128 e. The molecule has 18 heavy (non-hydrogen) atoms. The van der Waals surface area contributed by atoms with Gasteiger partial charge in [-0.25, -0.2) is 4.39 Å². The molecule has 0 spiro atoms. The number of benzene rings is 2. The number of nitrogens with one attached hydrogen (secondary N) is 1. The van der Waals surface area contributed by atoms with Crippen molar-refractivity contribution >= 4 is 28.7 Å². The van der Waals surface area contributed by atoms with Crippen LogP contribution >= 0.6 is 11.6 Å². The highest BCUT2D eigenvalue weighted by Crippen LogP contribution is 2.29. The lowest BCUT2D eigenvalue weighted by molar-refractivity contribution is 0.619. The van der Waals surface area contributed by atoms with Crippen LogP contribution in [-0.2, 0) is 0 Å². The largest absolute Gasteiger partial charge is 0.397 e. The molecular formula is C14H14ClFN2. The van der Waals surface area contributed by atoms with Crippen LogP contribution < -0.4 is 11.1 Å². The zero-order chi connectivity index (χ0) is 13.3. The quantitative estimate of drug-likeness (QED) is 0.788. The maximum atomic E-state index is 13.3. The highest BCUT2D eigenvalue weighted by molar-refractivity contribution is 6.30. The number of aryl methyl sites for hydroxylation is 2. The van der Waals surface area contributed by atoms with E-state index in [1.165, 1.54) is 6.07 Å². The summed E-state index contributed by atoms with van der Waals surface area (Å²) in [5.74, 6) is -0.305. The molecule has 2 nitrogen and oxygen atoms in total. The zero-order valence-electron chi connectivity index (χ0n) is 10.2. The minimum absolute atomic E-state index is 0.305. The molecule has 2 aromatic rings. The van der Waals surface area contributed by atoms with Crippen LogP contribution in [0.15, 0.2) is 30.3 Å². The molecule has 0 radical (unpaired) electrons. The Balaban J connectivity index is 2.40. The van der Waals surface area contributed by atoms with E-state index in [1.807, 2.05) is 25.1 Å². The average molecular weight is 265 g/mol. The standard InChI is InChI=1S/C14H14ClFN2/c1-8-3-4-10(15)6-13(8)18-14-5-9(2)11(16)7-12(14)17/h3-7,18H,17H2,1-2H3. The fourth-order valence-corrected chi connectivity index (χ4v) is 1.85. The predicted molar refractivity (Wildman–Crippen MR) is 75.0 cm³/mol. The predicted octanol–water partition coefficient (Wildman–Crippen LogP) is 4.42. The molecule has 0 amide bonds. The Labute approximate surface area is 111 Å². The molecular weight excluding hydrogens is 251 g/mol. The molecule has 0 fully saturated rings. The Morgan fingerprint density at radius 1 is 1.06 bits per heavy atom. The van der Waals surface area contributed by atoms with Gasteiger partial charge in [0.1, 0.15) is 5.82 Å². The lowest BCUT2D eigenvalue weighted by atomic mass is 10.1. The summed E-state index contributed by atoms with van der Waals surface area (Å²) in [5, 5.41) is 3.81. The molecule has 4 heteroatoms. The Hall–Kier alpha value is -1.74. The third-order valence-corrected chi connectivity index (χ3v) is 3.03. The number of nitrogen functional groups attached to an aromatic ring is 1. The lowest BCUT2D eigenvalue weighted by Gasteiger charge is -2.13. The molecule has 2 rings (SSSR count). The molecule has 0 saturated heterocycles. The van der Waals surface area contributed by atoms with E-state index in [9.17, 15) is 4.39 Å². The van der Waals surface area contributed by atoms with E-state index in [0.717, 1.165) is 11.3 Å². The first-order valence-electron chi connectivity index (χ1n) is 5.56. The van der Waals surface area contributed by atoms with E-state index in [1.54, 1.807) is 13.0 Å². The third kappa shape index (κ3) is 2.57. The molecule has 0 unspecified atom stereocenters. The summed E-state index contributed by atoms with van der Waals surface area (Å²) in [6.45, 7) is 3.66. The van der Waals surface area contributed by atoms with Crippen LogP contribution in [0.2, 0.25) is 5.02 Å². The molecule has 3 N–H and O–H groups in total. The minimum Gasteiger partial charge on any atom is -0.397 e. The van der Waals surface area contributed by atoms with Gasteiger partial charge in [0.05, 0.1) is 11.4 Å².